The summed E-state index contributed by atoms with van der Waals surface area (Å²) in [5, 5.41) is 4.50. The van der Waals surface area contributed by atoms with Gasteiger partial charge in [0.1, 0.15) is 0 Å². The molecule has 2 rings (SSSR count). The molecule has 1 amide bonds. The lowest BCUT2D eigenvalue weighted by Gasteiger charge is -2.35. The number of hydrogen-bond donors (Lipinski definition) is 1. The molecule has 0 radical (unpaired) electrons. The summed E-state index contributed by atoms with van der Waals surface area (Å²) in [4.78, 5) is 18.4. The molecular formula is C14H25N3O2S. The van der Waals surface area contributed by atoms with E-state index in [4.69, 9.17) is 4.74 Å². The van der Waals surface area contributed by atoms with E-state index in [1.165, 1.54) is 6.42 Å². The number of hydrogen-bond acceptors (Lipinski definition) is 4. The van der Waals surface area contributed by atoms with Gasteiger partial charge in [0.15, 0.2) is 5.17 Å². The summed E-state index contributed by atoms with van der Waals surface area (Å²) < 4.78 is 5.25. The van der Waals surface area contributed by atoms with E-state index in [-0.39, 0.29) is 11.4 Å². The van der Waals surface area contributed by atoms with Crippen LogP contribution < -0.4 is 5.32 Å². The van der Waals surface area contributed by atoms with Gasteiger partial charge < -0.3 is 15.0 Å². The predicted molar refractivity (Wildman–Crippen MR) is 83.2 cm³/mol. The number of aliphatic imine (C=N–C) groups is 1. The Kier molecular flexibility index (Phi) is 5.72. The van der Waals surface area contributed by atoms with Gasteiger partial charge in [-0.1, -0.05) is 18.7 Å². The number of nitrogens with zero attached hydrogens (tertiary/aromatic N) is 2. The minimum Gasteiger partial charge on any atom is -0.378 e. The van der Waals surface area contributed by atoms with E-state index in [9.17, 15) is 4.79 Å². The topological polar surface area (TPSA) is 53.9 Å². The van der Waals surface area contributed by atoms with Crippen molar-refractivity contribution in [2.45, 2.75) is 38.6 Å². The number of thioether (sulfide) groups is 1. The second kappa shape index (κ2) is 7.31. The summed E-state index contributed by atoms with van der Waals surface area (Å²) in [6.07, 6.45) is 2.76. The molecule has 0 aromatic carbocycles. The van der Waals surface area contributed by atoms with Gasteiger partial charge in [-0.3, -0.25) is 9.79 Å². The first-order valence-electron chi connectivity index (χ1n) is 7.44. The Hall–Kier alpha value is -0.750. The van der Waals surface area contributed by atoms with E-state index >= 15 is 0 Å². The molecule has 5 nitrogen and oxygen atoms in total. The Balaban J connectivity index is 1.76. The van der Waals surface area contributed by atoms with Crippen LogP contribution >= 0.6 is 11.8 Å². The first kappa shape index (κ1) is 15.6. The van der Waals surface area contributed by atoms with Gasteiger partial charge in [0.25, 0.3) is 0 Å². The molecule has 0 aliphatic carbocycles. The maximum absolute atomic E-state index is 12.0. The van der Waals surface area contributed by atoms with Crippen molar-refractivity contribution in [2.24, 2.45) is 4.99 Å². The number of carbonyl (C=O) groups is 1. The molecule has 6 heteroatoms. The summed E-state index contributed by atoms with van der Waals surface area (Å²) in [5.74, 6) is 1.30. The lowest BCUT2D eigenvalue weighted by molar-refractivity contribution is -0.135. The molecule has 0 spiro atoms. The molecule has 0 aromatic rings. The van der Waals surface area contributed by atoms with Crippen molar-refractivity contribution in [3.63, 3.8) is 0 Å². The van der Waals surface area contributed by atoms with Crippen molar-refractivity contribution in [1.29, 1.82) is 0 Å². The SMILES string of the molecule is CCC1(C)CCSC(=NCCC(=O)N2CCOCC2)N1. The molecular weight excluding hydrogens is 274 g/mol. The number of morpholine rings is 1. The molecule has 1 atom stereocenters. The molecule has 1 unspecified atom stereocenters. The number of ether oxygens (including phenoxy) is 1. The molecule has 2 saturated heterocycles. The second-order valence-corrected chi connectivity index (χ2v) is 6.65. The highest BCUT2D eigenvalue weighted by Crippen LogP contribution is 2.24. The third kappa shape index (κ3) is 4.38. The summed E-state index contributed by atoms with van der Waals surface area (Å²) in [6, 6.07) is 0. The quantitative estimate of drug-likeness (QED) is 0.854. The molecule has 1 N–H and O–H groups in total. The number of amides is 1. The first-order valence-corrected chi connectivity index (χ1v) is 8.42. The molecule has 2 heterocycles. The van der Waals surface area contributed by atoms with Crippen molar-refractivity contribution >= 4 is 22.8 Å². The summed E-state index contributed by atoms with van der Waals surface area (Å²) in [5.41, 5.74) is 0.165. The lowest BCUT2D eigenvalue weighted by atomic mass is 9.96. The van der Waals surface area contributed by atoms with Crippen molar-refractivity contribution in [3.8, 4) is 0 Å². The Morgan fingerprint density at radius 2 is 2.25 bits per heavy atom. The normalized spacial score (nSPS) is 29.3. The monoisotopic (exact) mass is 299 g/mol. The van der Waals surface area contributed by atoms with Crippen LogP contribution in [0.25, 0.3) is 0 Å². The van der Waals surface area contributed by atoms with E-state index in [2.05, 4.69) is 24.2 Å². The zero-order chi connectivity index (χ0) is 14.4. The van der Waals surface area contributed by atoms with Crippen LogP contribution in [0.3, 0.4) is 0 Å². The molecule has 2 aliphatic rings. The maximum Gasteiger partial charge on any atom is 0.224 e. The van der Waals surface area contributed by atoms with Gasteiger partial charge in [0, 0.05) is 30.8 Å². The Morgan fingerprint density at radius 1 is 1.50 bits per heavy atom. The minimum absolute atomic E-state index is 0.165. The van der Waals surface area contributed by atoms with Gasteiger partial charge in [-0.05, 0) is 19.8 Å². The van der Waals surface area contributed by atoms with Crippen molar-refractivity contribution < 1.29 is 9.53 Å². The summed E-state index contributed by atoms with van der Waals surface area (Å²) in [7, 11) is 0. The highest BCUT2D eigenvalue weighted by molar-refractivity contribution is 8.13. The number of nitrogens with one attached hydrogen (secondary N) is 1. The zero-order valence-corrected chi connectivity index (χ0v) is 13.3. The molecule has 0 saturated carbocycles. The van der Waals surface area contributed by atoms with Crippen LogP contribution in [0, 0.1) is 0 Å². The van der Waals surface area contributed by atoms with Crippen LogP contribution in [0.2, 0.25) is 0 Å². The van der Waals surface area contributed by atoms with E-state index in [1.54, 1.807) is 11.8 Å². The van der Waals surface area contributed by atoms with Crippen LogP contribution in [0.5, 0.6) is 0 Å². The minimum atomic E-state index is 0.165. The second-order valence-electron chi connectivity index (χ2n) is 5.57. The van der Waals surface area contributed by atoms with Gasteiger partial charge >= 0.3 is 0 Å². The summed E-state index contributed by atoms with van der Waals surface area (Å²) in [6.45, 7) is 7.76. The van der Waals surface area contributed by atoms with Crippen LogP contribution in [0.4, 0.5) is 0 Å². The average molecular weight is 299 g/mol. The molecule has 114 valence electrons. The van der Waals surface area contributed by atoms with Crippen molar-refractivity contribution in [2.75, 3.05) is 38.6 Å². The fraction of sp³-hybridized carbons (Fsp3) is 0.857. The Bertz CT molecular complexity index is 369. The molecule has 2 aliphatic heterocycles. The van der Waals surface area contributed by atoms with Crippen LogP contribution in [-0.2, 0) is 9.53 Å². The van der Waals surface area contributed by atoms with Gasteiger partial charge in [0.05, 0.1) is 19.8 Å². The van der Waals surface area contributed by atoms with Crippen LogP contribution in [-0.4, -0.2) is 60.1 Å². The van der Waals surface area contributed by atoms with Gasteiger partial charge in [-0.2, -0.15) is 0 Å². The zero-order valence-electron chi connectivity index (χ0n) is 12.5. The lowest BCUT2D eigenvalue weighted by Crippen LogP contribution is -2.48. The molecule has 2 fully saturated rings. The average Bonchev–Trinajstić information content (AvgIpc) is 2.48. The summed E-state index contributed by atoms with van der Waals surface area (Å²) >= 11 is 1.76. The Morgan fingerprint density at radius 3 is 2.95 bits per heavy atom. The predicted octanol–water partition coefficient (Wildman–Crippen LogP) is 1.49. The fourth-order valence-electron chi connectivity index (χ4n) is 2.30. The number of carbonyl (C=O) groups excluding carboxylic acids is 1. The molecule has 0 aromatic heterocycles. The van der Waals surface area contributed by atoms with Crippen LogP contribution in [0.1, 0.15) is 33.1 Å². The fourth-order valence-corrected chi connectivity index (χ4v) is 3.55. The van der Waals surface area contributed by atoms with E-state index in [1.807, 2.05) is 4.90 Å². The van der Waals surface area contributed by atoms with Crippen molar-refractivity contribution in [3.05, 3.63) is 0 Å². The Labute approximate surface area is 125 Å². The largest absolute Gasteiger partial charge is 0.378 e. The van der Waals surface area contributed by atoms with Crippen molar-refractivity contribution in [1.82, 2.24) is 10.2 Å². The smallest absolute Gasteiger partial charge is 0.224 e. The van der Waals surface area contributed by atoms with Gasteiger partial charge in [-0.25, -0.2) is 0 Å². The van der Waals surface area contributed by atoms with E-state index in [0.717, 1.165) is 30.4 Å². The first-order chi connectivity index (χ1) is 9.63. The standard InChI is InChI=1S/C14H25N3O2S/c1-3-14(2)5-11-20-13(16-14)15-6-4-12(18)17-7-9-19-10-8-17/h3-11H2,1-2H3,(H,15,16). The van der Waals surface area contributed by atoms with E-state index in [0.29, 0.717) is 26.2 Å². The highest BCUT2D eigenvalue weighted by atomic mass is 32.2. The molecule has 20 heavy (non-hydrogen) atoms. The van der Waals surface area contributed by atoms with Gasteiger partial charge in [0.2, 0.25) is 5.91 Å². The van der Waals surface area contributed by atoms with Gasteiger partial charge in [-0.15, -0.1) is 0 Å². The molecule has 0 bridgehead atoms. The third-order valence-corrected chi connectivity index (χ3v) is 4.94. The third-order valence-electron chi connectivity index (χ3n) is 4.03. The number of rotatable bonds is 4. The highest BCUT2D eigenvalue weighted by Gasteiger charge is 2.27. The van der Waals surface area contributed by atoms with Crippen LogP contribution in [0.15, 0.2) is 4.99 Å². The number of amidine groups is 1. The maximum atomic E-state index is 12.0. The van der Waals surface area contributed by atoms with E-state index < -0.39 is 0 Å².